The topological polar surface area (TPSA) is 79.0 Å². The number of carbonyl (C=O) groups is 3. The minimum absolute atomic E-state index is 0.00114. The summed E-state index contributed by atoms with van der Waals surface area (Å²) in [7, 11) is 0. The van der Waals surface area contributed by atoms with Gasteiger partial charge in [0.15, 0.2) is 0 Å². The van der Waals surface area contributed by atoms with Gasteiger partial charge in [-0.1, -0.05) is 0 Å². The van der Waals surface area contributed by atoms with Crippen molar-refractivity contribution in [2.24, 2.45) is 0 Å². The first-order valence-corrected chi connectivity index (χ1v) is 8.82. The average molecular weight is 339 g/mol. The van der Waals surface area contributed by atoms with E-state index >= 15 is 0 Å². The standard InChI is InChI=1S/C17H29N3O4/c1-17(2,3)24-16(23)18-13-8-4-5-11-20(15(13)22)12-14(21)19-9-6-7-10-19/h13H,4-12H2,1-3H3,(H,18,23). The van der Waals surface area contributed by atoms with Crippen LogP contribution in [0.4, 0.5) is 4.79 Å². The minimum Gasteiger partial charge on any atom is -0.444 e. The van der Waals surface area contributed by atoms with Crippen LogP contribution in [0.5, 0.6) is 0 Å². The van der Waals surface area contributed by atoms with Gasteiger partial charge in [0.2, 0.25) is 11.8 Å². The predicted octanol–water partition coefficient (Wildman–Crippen LogP) is 1.51. The van der Waals surface area contributed by atoms with Gasteiger partial charge in [-0.3, -0.25) is 9.59 Å². The van der Waals surface area contributed by atoms with Crippen LogP contribution in [0, 0.1) is 0 Å². The van der Waals surface area contributed by atoms with Crippen molar-refractivity contribution >= 4 is 17.9 Å². The van der Waals surface area contributed by atoms with Crippen molar-refractivity contribution in [1.29, 1.82) is 0 Å². The Morgan fingerprint density at radius 2 is 1.75 bits per heavy atom. The molecule has 2 heterocycles. The van der Waals surface area contributed by atoms with Crippen molar-refractivity contribution in [2.75, 3.05) is 26.2 Å². The number of alkyl carbamates (subject to hydrolysis) is 1. The molecule has 1 N–H and O–H groups in total. The van der Waals surface area contributed by atoms with Crippen molar-refractivity contribution in [3.8, 4) is 0 Å². The summed E-state index contributed by atoms with van der Waals surface area (Å²) in [5.74, 6) is -0.190. The van der Waals surface area contributed by atoms with Crippen LogP contribution in [0.25, 0.3) is 0 Å². The van der Waals surface area contributed by atoms with Gasteiger partial charge in [-0.05, 0) is 52.9 Å². The number of nitrogens with zero attached hydrogens (tertiary/aromatic N) is 2. The Bertz CT molecular complexity index is 481. The quantitative estimate of drug-likeness (QED) is 0.845. The van der Waals surface area contributed by atoms with Crippen LogP contribution < -0.4 is 5.32 Å². The van der Waals surface area contributed by atoms with Gasteiger partial charge < -0.3 is 19.9 Å². The minimum atomic E-state index is -0.617. The van der Waals surface area contributed by atoms with E-state index in [1.54, 1.807) is 25.7 Å². The van der Waals surface area contributed by atoms with Crippen LogP contribution in [0.2, 0.25) is 0 Å². The molecule has 0 radical (unpaired) electrons. The van der Waals surface area contributed by atoms with E-state index in [0.29, 0.717) is 13.0 Å². The molecule has 0 bridgehead atoms. The summed E-state index contributed by atoms with van der Waals surface area (Å²) < 4.78 is 5.23. The summed E-state index contributed by atoms with van der Waals surface area (Å²) in [5, 5.41) is 2.66. The van der Waals surface area contributed by atoms with Crippen LogP contribution in [-0.2, 0) is 14.3 Å². The molecule has 2 aliphatic heterocycles. The summed E-state index contributed by atoms with van der Waals surface area (Å²) in [6.07, 6.45) is 3.72. The number of amides is 3. The number of carbonyl (C=O) groups excluding carboxylic acids is 3. The van der Waals surface area contributed by atoms with Gasteiger partial charge in [-0.25, -0.2) is 4.79 Å². The maximum Gasteiger partial charge on any atom is 0.408 e. The molecule has 0 saturated carbocycles. The highest BCUT2D eigenvalue weighted by Crippen LogP contribution is 2.15. The zero-order valence-electron chi connectivity index (χ0n) is 15.0. The molecule has 2 saturated heterocycles. The molecule has 136 valence electrons. The van der Waals surface area contributed by atoms with Crippen molar-refractivity contribution in [3.63, 3.8) is 0 Å². The molecular formula is C17H29N3O4. The van der Waals surface area contributed by atoms with Crippen molar-refractivity contribution in [2.45, 2.75) is 64.5 Å². The van der Waals surface area contributed by atoms with E-state index in [-0.39, 0.29) is 18.4 Å². The molecule has 0 aromatic heterocycles. The van der Waals surface area contributed by atoms with Crippen LogP contribution in [0.3, 0.4) is 0 Å². The van der Waals surface area contributed by atoms with Crippen molar-refractivity contribution in [3.05, 3.63) is 0 Å². The second kappa shape index (κ2) is 7.85. The monoisotopic (exact) mass is 339 g/mol. The largest absolute Gasteiger partial charge is 0.444 e. The molecule has 24 heavy (non-hydrogen) atoms. The first-order chi connectivity index (χ1) is 11.3. The molecule has 0 aliphatic carbocycles. The molecular weight excluding hydrogens is 310 g/mol. The predicted molar refractivity (Wildman–Crippen MR) is 89.4 cm³/mol. The highest BCUT2D eigenvalue weighted by Gasteiger charge is 2.32. The Morgan fingerprint density at radius 1 is 1.12 bits per heavy atom. The maximum atomic E-state index is 12.7. The van der Waals surface area contributed by atoms with Crippen molar-refractivity contribution in [1.82, 2.24) is 15.1 Å². The van der Waals surface area contributed by atoms with E-state index in [1.165, 1.54) is 0 Å². The lowest BCUT2D eigenvalue weighted by molar-refractivity contribution is -0.140. The fraction of sp³-hybridized carbons (Fsp3) is 0.824. The second-order valence-electron chi connectivity index (χ2n) is 7.54. The smallest absolute Gasteiger partial charge is 0.408 e. The molecule has 1 unspecified atom stereocenters. The molecule has 7 heteroatoms. The molecule has 2 fully saturated rings. The summed E-state index contributed by atoms with van der Waals surface area (Å²) in [5.41, 5.74) is -0.608. The molecule has 0 spiro atoms. The van der Waals surface area contributed by atoms with Crippen LogP contribution in [0.15, 0.2) is 0 Å². The highest BCUT2D eigenvalue weighted by molar-refractivity contribution is 5.89. The van der Waals surface area contributed by atoms with Gasteiger partial charge in [0.05, 0.1) is 6.54 Å². The van der Waals surface area contributed by atoms with Crippen LogP contribution in [-0.4, -0.2) is 65.5 Å². The molecule has 0 aromatic rings. The van der Waals surface area contributed by atoms with Crippen molar-refractivity contribution < 1.29 is 19.1 Å². The zero-order valence-corrected chi connectivity index (χ0v) is 15.0. The van der Waals surface area contributed by atoms with Gasteiger partial charge in [0.25, 0.3) is 0 Å². The lowest BCUT2D eigenvalue weighted by Gasteiger charge is -2.27. The number of nitrogens with one attached hydrogen (secondary N) is 1. The van der Waals surface area contributed by atoms with Crippen LogP contribution >= 0.6 is 0 Å². The fourth-order valence-corrected chi connectivity index (χ4v) is 3.08. The summed E-state index contributed by atoms with van der Waals surface area (Å²) in [6.45, 7) is 7.56. The third-order valence-electron chi connectivity index (χ3n) is 4.26. The number of ether oxygens (including phenoxy) is 1. The van der Waals surface area contributed by atoms with E-state index in [4.69, 9.17) is 4.74 Å². The van der Waals surface area contributed by atoms with E-state index in [9.17, 15) is 14.4 Å². The normalized spacial score (nSPS) is 22.3. The SMILES string of the molecule is CC(C)(C)OC(=O)NC1CCCCN(CC(=O)N2CCCC2)C1=O. The first-order valence-electron chi connectivity index (χ1n) is 8.82. The van der Waals surface area contributed by atoms with Gasteiger partial charge in [0, 0.05) is 19.6 Å². The van der Waals surface area contributed by atoms with Gasteiger partial charge in [0.1, 0.15) is 11.6 Å². The Hall–Kier alpha value is -1.79. The Morgan fingerprint density at radius 3 is 2.38 bits per heavy atom. The number of hydrogen-bond acceptors (Lipinski definition) is 4. The fourth-order valence-electron chi connectivity index (χ4n) is 3.08. The molecule has 0 aromatic carbocycles. The molecule has 7 nitrogen and oxygen atoms in total. The van der Waals surface area contributed by atoms with E-state index in [1.807, 2.05) is 4.90 Å². The van der Waals surface area contributed by atoms with E-state index in [2.05, 4.69) is 5.32 Å². The second-order valence-corrected chi connectivity index (χ2v) is 7.54. The van der Waals surface area contributed by atoms with E-state index < -0.39 is 17.7 Å². The summed E-state index contributed by atoms with van der Waals surface area (Å²) in [6, 6.07) is -0.617. The number of likely N-dealkylation sites (tertiary alicyclic amines) is 2. The first kappa shape index (κ1) is 18.5. The number of rotatable bonds is 3. The van der Waals surface area contributed by atoms with Gasteiger partial charge >= 0.3 is 6.09 Å². The Labute approximate surface area is 143 Å². The lowest BCUT2D eigenvalue weighted by atomic mass is 10.1. The summed E-state index contributed by atoms with van der Waals surface area (Å²) in [4.78, 5) is 40.3. The molecule has 3 amide bonds. The van der Waals surface area contributed by atoms with Crippen LogP contribution in [0.1, 0.15) is 52.9 Å². The lowest BCUT2D eigenvalue weighted by Crippen LogP contribution is -2.51. The number of hydrogen-bond donors (Lipinski definition) is 1. The van der Waals surface area contributed by atoms with Gasteiger partial charge in [-0.2, -0.15) is 0 Å². The molecule has 1 atom stereocenters. The average Bonchev–Trinajstić information content (AvgIpc) is 2.95. The molecule has 2 rings (SSSR count). The molecule has 2 aliphatic rings. The summed E-state index contributed by atoms with van der Waals surface area (Å²) >= 11 is 0. The third kappa shape index (κ3) is 5.39. The maximum absolute atomic E-state index is 12.7. The third-order valence-corrected chi connectivity index (χ3v) is 4.26. The zero-order chi connectivity index (χ0) is 17.7. The Balaban J connectivity index is 1.93. The highest BCUT2D eigenvalue weighted by atomic mass is 16.6. The van der Waals surface area contributed by atoms with Gasteiger partial charge in [-0.15, -0.1) is 0 Å². The van der Waals surface area contributed by atoms with E-state index in [0.717, 1.165) is 38.8 Å². The Kier molecular flexibility index (Phi) is 6.07.